The van der Waals surface area contributed by atoms with E-state index in [9.17, 15) is 24.3 Å². The normalized spacial score (nSPS) is 14.9. The molecule has 51 heavy (non-hydrogen) atoms. The van der Waals surface area contributed by atoms with Gasteiger partial charge in [-0.2, -0.15) is 0 Å². The summed E-state index contributed by atoms with van der Waals surface area (Å²) < 4.78 is 22.4. The number of carbonyl (C=O) groups is 4. The van der Waals surface area contributed by atoms with Crippen LogP contribution in [0.15, 0.2) is 72.8 Å². The Morgan fingerprint density at radius 1 is 0.863 bits per heavy atom. The molecular weight excluding hydrogens is 654 g/mol. The van der Waals surface area contributed by atoms with Crippen LogP contribution in [-0.2, 0) is 30.2 Å². The molecule has 0 spiro atoms. The van der Waals surface area contributed by atoms with Crippen LogP contribution in [0.3, 0.4) is 0 Å². The maximum atomic E-state index is 12.8. The van der Waals surface area contributed by atoms with E-state index in [-0.39, 0.29) is 50.6 Å². The third-order valence-electron chi connectivity index (χ3n) is 8.77. The van der Waals surface area contributed by atoms with Crippen molar-refractivity contribution < 1.29 is 43.2 Å². The molecule has 3 aromatic carbocycles. The molecule has 3 amide bonds. The van der Waals surface area contributed by atoms with E-state index in [1.165, 1.54) is 0 Å². The van der Waals surface area contributed by atoms with Crippen LogP contribution in [0.25, 0.3) is 11.1 Å². The van der Waals surface area contributed by atoms with Gasteiger partial charge in [0.25, 0.3) is 0 Å². The number of carboxylic acids is 1. The molecule has 3 N–H and O–H groups in total. The first-order valence-electron chi connectivity index (χ1n) is 17.4. The van der Waals surface area contributed by atoms with Crippen molar-refractivity contribution in [3.8, 4) is 16.9 Å². The summed E-state index contributed by atoms with van der Waals surface area (Å²) in [5.41, 5.74) is 4.53. The number of ether oxygens (including phenoxy) is 4. The minimum Gasteiger partial charge on any atom is -0.490 e. The van der Waals surface area contributed by atoms with Gasteiger partial charge in [-0.05, 0) is 60.7 Å². The minimum atomic E-state index is -1.17. The molecule has 2 aliphatic rings. The smallest absolute Gasteiger partial charge is 0.407 e. The lowest BCUT2D eigenvalue weighted by molar-refractivity contribution is -0.139. The van der Waals surface area contributed by atoms with E-state index in [1.54, 1.807) is 49.9 Å². The second-order valence-electron chi connectivity index (χ2n) is 13.7. The number of carbonyl (C=O) groups excluding carboxylic acids is 3. The highest BCUT2D eigenvalue weighted by Gasteiger charge is 2.30. The quantitative estimate of drug-likeness (QED) is 0.185. The van der Waals surface area contributed by atoms with E-state index < -0.39 is 29.8 Å². The molecule has 0 saturated carbocycles. The molecule has 272 valence electrons. The van der Waals surface area contributed by atoms with Crippen LogP contribution >= 0.6 is 0 Å². The van der Waals surface area contributed by atoms with Crippen molar-refractivity contribution in [3.63, 3.8) is 0 Å². The Kier molecular flexibility index (Phi) is 12.5. The van der Waals surface area contributed by atoms with Gasteiger partial charge in [-0.1, -0.05) is 60.7 Å². The van der Waals surface area contributed by atoms with Gasteiger partial charge in [-0.25, -0.2) is 14.4 Å². The fourth-order valence-electron chi connectivity index (χ4n) is 6.30. The average molecular weight is 702 g/mol. The van der Waals surface area contributed by atoms with Crippen LogP contribution < -0.4 is 15.4 Å². The Balaban J connectivity index is 0.998. The highest BCUT2D eigenvalue weighted by Crippen LogP contribution is 2.44. The first-order valence-corrected chi connectivity index (χ1v) is 17.4. The maximum Gasteiger partial charge on any atom is 0.407 e. The molecule has 0 bridgehead atoms. The monoisotopic (exact) mass is 701 g/mol. The SMILES string of the molecule is CC(C)(C)OC(=O)NCCOCCC(=O)N1CCC(Oc2ccc(C[C@H](NC(=O)OCC3c4ccccc4-c4ccccc43)C(=O)O)cc2)CC1. The second-order valence-corrected chi connectivity index (χ2v) is 13.7. The Morgan fingerprint density at radius 3 is 2.10 bits per heavy atom. The summed E-state index contributed by atoms with van der Waals surface area (Å²) in [6.45, 7) is 7.46. The Morgan fingerprint density at radius 2 is 1.49 bits per heavy atom. The number of fused-ring (bicyclic) bond motifs is 3. The molecule has 1 aliphatic heterocycles. The number of aliphatic carboxylic acids is 1. The van der Waals surface area contributed by atoms with E-state index >= 15 is 0 Å². The van der Waals surface area contributed by atoms with Gasteiger partial charge < -0.3 is 39.6 Å². The summed E-state index contributed by atoms with van der Waals surface area (Å²) in [6.07, 6.45) is 0.345. The van der Waals surface area contributed by atoms with Gasteiger partial charge in [0.1, 0.15) is 30.1 Å². The van der Waals surface area contributed by atoms with Crippen molar-refractivity contribution in [1.82, 2.24) is 15.5 Å². The van der Waals surface area contributed by atoms with Crippen LogP contribution in [0.1, 0.15) is 62.6 Å². The molecule has 1 atom stereocenters. The fraction of sp³-hybridized carbons (Fsp3) is 0.436. The molecule has 1 heterocycles. The van der Waals surface area contributed by atoms with Crippen molar-refractivity contribution in [1.29, 1.82) is 0 Å². The number of nitrogens with zero attached hydrogens (tertiary/aromatic N) is 1. The lowest BCUT2D eigenvalue weighted by Crippen LogP contribution is -2.43. The zero-order valence-corrected chi connectivity index (χ0v) is 29.4. The molecule has 3 aromatic rings. The van der Waals surface area contributed by atoms with E-state index in [1.807, 2.05) is 36.4 Å². The molecule has 12 nitrogen and oxygen atoms in total. The Labute approximate surface area is 298 Å². The zero-order chi connectivity index (χ0) is 36.4. The number of likely N-dealkylation sites (tertiary alicyclic amines) is 1. The van der Waals surface area contributed by atoms with Crippen LogP contribution in [-0.4, -0.2) is 91.3 Å². The number of alkyl carbamates (subject to hydrolysis) is 2. The van der Waals surface area contributed by atoms with E-state index in [4.69, 9.17) is 18.9 Å². The summed E-state index contributed by atoms with van der Waals surface area (Å²) in [5, 5.41) is 15.0. The highest BCUT2D eigenvalue weighted by molar-refractivity contribution is 5.81. The second kappa shape index (κ2) is 17.2. The van der Waals surface area contributed by atoms with Gasteiger partial charge in [0.05, 0.1) is 19.6 Å². The molecule has 0 unspecified atom stereocenters. The zero-order valence-electron chi connectivity index (χ0n) is 29.4. The number of rotatable bonds is 14. The van der Waals surface area contributed by atoms with Gasteiger partial charge in [-0.15, -0.1) is 0 Å². The number of benzene rings is 3. The number of piperidine rings is 1. The lowest BCUT2D eigenvalue weighted by atomic mass is 9.98. The minimum absolute atomic E-state index is 0.0116. The van der Waals surface area contributed by atoms with Gasteiger partial charge in [0.15, 0.2) is 0 Å². The van der Waals surface area contributed by atoms with E-state index in [0.29, 0.717) is 38.2 Å². The summed E-state index contributed by atoms with van der Waals surface area (Å²) in [5.74, 6) is -0.628. The molecule has 0 radical (unpaired) electrons. The van der Waals surface area contributed by atoms with Crippen LogP contribution in [0, 0.1) is 0 Å². The van der Waals surface area contributed by atoms with Crippen molar-refractivity contribution in [2.24, 2.45) is 0 Å². The van der Waals surface area contributed by atoms with Gasteiger partial charge >= 0.3 is 18.2 Å². The predicted octanol–water partition coefficient (Wildman–Crippen LogP) is 5.52. The van der Waals surface area contributed by atoms with Crippen LogP contribution in [0.5, 0.6) is 5.75 Å². The molecule has 12 heteroatoms. The number of nitrogens with one attached hydrogen (secondary N) is 2. The molecule has 0 aromatic heterocycles. The third-order valence-corrected chi connectivity index (χ3v) is 8.77. The predicted molar refractivity (Wildman–Crippen MR) is 190 cm³/mol. The average Bonchev–Trinajstić information content (AvgIpc) is 3.42. The van der Waals surface area contributed by atoms with E-state index in [2.05, 4.69) is 22.8 Å². The first kappa shape index (κ1) is 37.2. The van der Waals surface area contributed by atoms with Gasteiger partial charge in [-0.3, -0.25) is 4.79 Å². The summed E-state index contributed by atoms with van der Waals surface area (Å²) in [7, 11) is 0. The number of carboxylic acid groups (broad SMARTS) is 1. The van der Waals surface area contributed by atoms with Crippen molar-refractivity contribution in [2.75, 3.05) is 39.5 Å². The Hall–Kier alpha value is -5.10. The van der Waals surface area contributed by atoms with Crippen LogP contribution in [0.4, 0.5) is 9.59 Å². The summed E-state index contributed by atoms with van der Waals surface area (Å²) in [6, 6.07) is 22.0. The van der Waals surface area contributed by atoms with E-state index in [0.717, 1.165) is 27.8 Å². The summed E-state index contributed by atoms with van der Waals surface area (Å²) >= 11 is 0. The largest absolute Gasteiger partial charge is 0.490 e. The molecular formula is C39H47N3O9. The third kappa shape index (κ3) is 10.7. The van der Waals surface area contributed by atoms with Crippen molar-refractivity contribution >= 4 is 24.1 Å². The number of hydrogen-bond donors (Lipinski definition) is 3. The fourth-order valence-corrected chi connectivity index (χ4v) is 6.30. The number of amides is 3. The van der Waals surface area contributed by atoms with Crippen molar-refractivity contribution in [3.05, 3.63) is 89.5 Å². The first-order chi connectivity index (χ1) is 24.5. The standard InChI is InChI=1S/C39H47N3O9/c1-39(2,3)51-37(46)40-19-23-48-22-18-35(43)42-20-16-28(17-21-42)50-27-14-12-26(13-15-27)24-34(36(44)45)41-38(47)49-25-33-31-10-6-4-8-29(31)30-9-5-7-11-32(30)33/h4-15,28,33-34H,16-25H2,1-3H3,(H,40,46)(H,41,47)(H,44,45)/t34-/m0/s1. The molecule has 5 rings (SSSR count). The van der Waals surface area contributed by atoms with Gasteiger partial charge in [0, 0.05) is 44.8 Å². The highest BCUT2D eigenvalue weighted by atomic mass is 16.6. The molecule has 1 fully saturated rings. The maximum absolute atomic E-state index is 12.8. The topological polar surface area (TPSA) is 153 Å². The van der Waals surface area contributed by atoms with Crippen LogP contribution in [0.2, 0.25) is 0 Å². The number of hydrogen-bond acceptors (Lipinski definition) is 8. The van der Waals surface area contributed by atoms with Crippen molar-refractivity contribution in [2.45, 2.75) is 70.1 Å². The molecule has 1 saturated heterocycles. The lowest BCUT2D eigenvalue weighted by Gasteiger charge is -2.32. The molecule has 1 aliphatic carbocycles. The summed E-state index contributed by atoms with van der Waals surface area (Å²) in [4.78, 5) is 50.9. The Bertz CT molecular complexity index is 1620. The van der Waals surface area contributed by atoms with Gasteiger partial charge in [0.2, 0.25) is 5.91 Å².